The highest BCUT2D eigenvalue weighted by Gasteiger charge is 2.26. The number of likely N-dealkylation sites (tertiary alicyclic amines) is 1. The SMILES string of the molecule is O=C(CN1CCCC(C(=O)O)C1)NC(=O)Nc1ccccc1. The lowest BCUT2D eigenvalue weighted by atomic mass is 9.98. The summed E-state index contributed by atoms with van der Waals surface area (Å²) in [5, 5.41) is 13.8. The number of imide groups is 1. The van der Waals surface area contributed by atoms with E-state index >= 15 is 0 Å². The largest absolute Gasteiger partial charge is 0.481 e. The molecule has 0 spiro atoms. The van der Waals surface area contributed by atoms with E-state index < -0.39 is 23.8 Å². The molecule has 1 fully saturated rings. The van der Waals surface area contributed by atoms with Gasteiger partial charge in [0.15, 0.2) is 0 Å². The molecule has 3 N–H and O–H groups in total. The second kappa shape index (κ2) is 7.56. The number of aliphatic carboxylic acids is 1. The van der Waals surface area contributed by atoms with Gasteiger partial charge in [-0.2, -0.15) is 0 Å². The third-order valence-corrected chi connectivity index (χ3v) is 3.51. The Hall–Kier alpha value is -2.41. The molecular weight excluding hydrogens is 286 g/mol. The van der Waals surface area contributed by atoms with Crippen LogP contribution < -0.4 is 10.6 Å². The number of para-hydroxylation sites is 1. The summed E-state index contributed by atoms with van der Waals surface area (Å²) in [4.78, 5) is 36.2. The van der Waals surface area contributed by atoms with E-state index in [1.807, 2.05) is 6.07 Å². The number of carbonyl (C=O) groups excluding carboxylic acids is 2. The van der Waals surface area contributed by atoms with Gasteiger partial charge in [0, 0.05) is 12.2 Å². The highest BCUT2D eigenvalue weighted by molar-refractivity contribution is 6.01. The van der Waals surface area contributed by atoms with E-state index in [1.54, 1.807) is 29.2 Å². The van der Waals surface area contributed by atoms with E-state index in [0.29, 0.717) is 25.2 Å². The predicted octanol–water partition coefficient (Wildman–Crippen LogP) is 1.13. The first kappa shape index (κ1) is 16.0. The Labute approximate surface area is 128 Å². The van der Waals surface area contributed by atoms with Gasteiger partial charge < -0.3 is 10.4 Å². The number of urea groups is 1. The van der Waals surface area contributed by atoms with Crippen molar-refractivity contribution in [3.63, 3.8) is 0 Å². The van der Waals surface area contributed by atoms with Crippen LogP contribution in [0, 0.1) is 5.92 Å². The Morgan fingerprint density at radius 3 is 2.64 bits per heavy atom. The van der Waals surface area contributed by atoms with Gasteiger partial charge in [-0.25, -0.2) is 4.79 Å². The Morgan fingerprint density at radius 1 is 1.23 bits per heavy atom. The Balaban J connectivity index is 1.77. The summed E-state index contributed by atoms with van der Waals surface area (Å²) in [5.41, 5.74) is 0.594. The Kier molecular flexibility index (Phi) is 5.48. The van der Waals surface area contributed by atoms with Crippen molar-refractivity contribution in [3.05, 3.63) is 30.3 Å². The number of benzene rings is 1. The van der Waals surface area contributed by atoms with E-state index in [-0.39, 0.29) is 6.54 Å². The summed E-state index contributed by atoms with van der Waals surface area (Å²) in [6.07, 6.45) is 1.36. The van der Waals surface area contributed by atoms with Crippen LogP contribution in [0.4, 0.5) is 10.5 Å². The molecule has 0 aromatic heterocycles. The van der Waals surface area contributed by atoms with Crippen molar-refractivity contribution in [2.75, 3.05) is 25.0 Å². The zero-order valence-corrected chi connectivity index (χ0v) is 12.1. The Bertz CT molecular complexity index is 547. The maximum Gasteiger partial charge on any atom is 0.325 e. The van der Waals surface area contributed by atoms with Gasteiger partial charge in [0.2, 0.25) is 5.91 Å². The number of amides is 3. The summed E-state index contributed by atoms with van der Waals surface area (Å²) in [7, 11) is 0. The average molecular weight is 305 g/mol. The molecule has 118 valence electrons. The minimum absolute atomic E-state index is 0.0198. The lowest BCUT2D eigenvalue weighted by molar-refractivity contribution is -0.144. The third-order valence-electron chi connectivity index (χ3n) is 3.51. The predicted molar refractivity (Wildman–Crippen MR) is 80.4 cm³/mol. The van der Waals surface area contributed by atoms with Crippen LogP contribution in [-0.2, 0) is 9.59 Å². The van der Waals surface area contributed by atoms with Crippen LogP contribution >= 0.6 is 0 Å². The molecule has 0 bridgehead atoms. The van der Waals surface area contributed by atoms with Crippen LogP contribution in [0.1, 0.15) is 12.8 Å². The molecule has 3 amide bonds. The normalized spacial score (nSPS) is 18.5. The smallest absolute Gasteiger partial charge is 0.325 e. The number of carbonyl (C=O) groups is 3. The van der Waals surface area contributed by atoms with Crippen LogP contribution in [0.3, 0.4) is 0 Å². The van der Waals surface area contributed by atoms with E-state index in [0.717, 1.165) is 6.42 Å². The van der Waals surface area contributed by atoms with Gasteiger partial charge in [-0.05, 0) is 31.5 Å². The molecular formula is C15H19N3O4. The fraction of sp³-hybridized carbons (Fsp3) is 0.400. The zero-order valence-electron chi connectivity index (χ0n) is 12.1. The molecule has 0 aliphatic carbocycles. The second-order valence-corrected chi connectivity index (χ2v) is 5.28. The standard InChI is InChI=1S/C15H19N3O4/c19-13(10-18-8-4-5-11(9-18)14(20)21)17-15(22)16-12-6-2-1-3-7-12/h1-3,6-7,11H,4-5,8-10H2,(H,20,21)(H2,16,17,19,22). The molecule has 1 atom stereocenters. The molecule has 1 aromatic carbocycles. The van der Waals surface area contributed by atoms with Crippen LogP contribution in [0.5, 0.6) is 0 Å². The highest BCUT2D eigenvalue weighted by Crippen LogP contribution is 2.16. The molecule has 0 saturated carbocycles. The van der Waals surface area contributed by atoms with Crippen molar-refractivity contribution in [1.82, 2.24) is 10.2 Å². The van der Waals surface area contributed by atoms with Crippen molar-refractivity contribution in [3.8, 4) is 0 Å². The third kappa shape index (κ3) is 4.85. The number of piperidine rings is 1. The van der Waals surface area contributed by atoms with E-state index in [4.69, 9.17) is 5.11 Å². The number of carboxylic acids is 1. The number of nitrogens with one attached hydrogen (secondary N) is 2. The number of rotatable bonds is 4. The van der Waals surface area contributed by atoms with Crippen molar-refractivity contribution < 1.29 is 19.5 Å². The molecule has 22 heavy (non-hydrogen) atoms. The van der Waals surface area contributed by atoms with Gasteiger partial charge in [-0.1, -0.05) is 18.2 Å². The molecule has 1 aliphatic heterocycles. The molecule has 1 unspecified atom stereocenters. The maximum absolute atomic E-state index is 11.8. The van der Waals surface area contributed by atoms with Gasteiger partial charge in [-0.3, -0.25) is 19.8 Å². The molecule has 7 heteroatoms. The summed E-state index contributed by atoms with van der Waals surface area (Å²) in [6, 6.07) is 8.21. The van der Waals surface area contributed by atoms with Crippen LogP contribution in [0.2, 0.25) is 0 Å². The first-order valence-corrected chi connectivity index (χ1v) is 7.15. The molecule has 1 aliphatic rings. The van der Waals surface area contributed by atoms with Crippen LogP contribution in [-0.4, -0.2) is 47.5 Å². The summed E-state index contributed by atoms with van der Waals surface area (Å²) >= 11 is 0. The first-order valence-electron chi connectivity index (χ1n) is 7.15. The van der Waals surface area contributed by atoms with Gasteiger partial charge in [0.05, 0.1) is 12.5 Å². The number of carboxylic acid groups (broad SMARTS) is 1. The first-order chi connectivity index (χ1) is 10.5. The van der Waals surface area contributed by atoms with E-state index in [2.05, 4.69) is 10.6 Å². The van der Waals surface area contributed by atoms with Gasteiger partial charge >= 0.3 is 12.0 Å². The van der Waals surface area contributed by atoms with Crippen molar-refractivity contribution in [2.45, 2.75) is 12.8 Å². The topological polar surface area (TPSA) is 98.7 Å². The van der Waals surface area contributed by atoms with E-state index in [1.165, 1.54) is 0 Å². The lowest BCUT2D eigenvalue weighted by Crippen LogP contribution is -2.46. The van der Waals surface area contributed by atoms with Gasteiger partial charge in [-0.15, -0.1) is 0 Å². The molecule has 2 rings (SSSR count). The fourth-order valence-electron chi connectivity index (χ4n) is 2.45. The van der Waals surface area contributed by atoms with Gasteiger partial charge in [0.25, 0.3) is 0 Å². The minimum atomic E-state index is -0.841. The zero-order chi connectivity index (χ0) is 15.9. The number of hydrogen-bond acceptors (Lipinski definition) is 4. The second-order valence-electron chi connectivity index (χ2n) is 5.28. The lowest BCUT2D eigenvalue weighted by Gasteiger charge is -2.29. The van der Waals surface area contributed by atoms with Crippen LogP contribution in [0.15, 0.2) is 30.3 Å². The fourth-order valence-corrected chi connectivity index (χ4v) is 2.45. The molecule has 1 aromatic rings. The number of anilines is 1. The van der Waals surface area contributed by atoms with E-state index in [9.17, 15) is 14.4 Å². The van der Waals surface area contributed by atoms with Crippen molar-refractivity contribution in [2.24, 2.45) is 5.92 Å². The van der Waals surface area contributed by atoms with Crippen LogP contribution in [0.25, 0.3) is 0 Å². The summed E-state index contributed by atoms with van der Waals surface area (Å²) in [6.45, 7) is 1.02. The molecule has 1 heterocycles. The number of hydrogen-bond donors (Lipinski definition) is 3. The Morgan fingerprint density at radius 2 is 1.95 bits per heavy atom. The monoisotopic (exact) mass is 305 g/mol. The quantitative estimate of drug-likeness (QED) is 0.774. The average Bonchev–Trinajstić information content (AvgIpc) is 2.48. The summed E-state index contributed by atoms with van der Waals surface area (Å²) in [5.74, 6) is -1.73. The number of nitrogens with zero attached hydrogens (tertiary/aromatic N) is 1. The molecule has 0 radical (unpaired) electrons. The maximum atomic E-state index is 11.8. The van der Waals surface area contributed by atoms with Gasteiger partial charge in [0.1, 0.15) is 0 Å². The molecule has 1 saturated heterocycles. The molecule has 7 nitrogen and oxygen atoms in total. The van der Waals surface area contributed by atoms with Crippen molar-refractivity contribution in [1.29, 1.82) is 0 Å². The highest BCUT2D eigenvalue weighted by atomic mass is 16.4. The van der Waals surface area contributed by atoms with Crippen molar-refractivity contribution >= 4 is 23.6 Å². The summed E-state index contributed by atoms with van der Waals surface area (Å²) < 4.78 is 0. The minimum Gasteiger partial charge on any atom is -0.481 e.